The minimum absolute atomic E-state index is 0.0685. The second-order valence-corrected chi connectivity index (χ2v) is 4.21. The van der Waals surface area contributed by atoms with E-state index < -0.39 is 23.7 Å². The van der Waals surface area contributed by atoms with E-state index in [0.717, 1.165) is 0 Å². The van der Waals surface area contributed by atoms with Gasteiger partial charge < -0.3 is 9.84 Å². The largest absolute Gasteiger partial charge is 0.481 e. The lowest BCUT2D eigenvalue weighted by Crippen LogP contribution is -2.30. The maximum absolute atomic E-state index is 13.0. The maximum atomic E-state index is 13.0. The fraction of sp³-hybridized carbons (Fsp3) is 0.900. The Morgan fingerprint density at radius 1 is 1.47 bits per heavy atom. The molecule has 1 atom stereocenters. The highest BCUT2D eigenvalue weighted by Crippen LogP contribution is 2.50. The summed E-state index contributed by atoms with van der Waals surface area (Å²) in [6.07, 6.45) is 0.00895. The van der Waals surface area contributed by atoms with Crippen molar-refractivity contribution in [1.82, 2.24) is 0 Å². The van der Waals surface area contributed by atoms with Gasteiger partial charge in [0.1, 0.15) is 0 Å². The van der Waals surface area contributed by atoms with Crippen molar-refractivity contribution in [2.24, 2.45) is 5.41 Å². The molecular weight excluding hydrogens is 206 g/mol. The van der Waals surface area contributed by atoms with Gasteiger partial charge in [-0.1, -0.05) is 0 Å². The van der Waals surface area contributed by atoms with Gasteiger partial charge >= 0.3 is 5.97 Å². The van der Waals surface area contributed by atoms with Crippen LogP contribution < -0.4 is 0 Å². The molecule has 0 aromatic rings. The molecule has 3 nitrogen and oxygen atoms in total. The van der Waals surface area contributed by atoms with Crippen molar-refractivity contribution in [2.75, 3.05) is 13.7 Å². The van der Waals surface area contributed by atoms with Crippen LogP contribution in [0.25, 0.3) is 0 Å². The second-order valence-electron chi connectivity index (χ2n) is 4.21. The normalized spacial score (nSPS) is 29.3. The van der Waals surface area contributed by atoms with Gasteiger partial charge in [-0.25, -0.2) is 8.78 Å². The Hall–Kier alpha value is -0.710. The molecule has 1 N–H and O–H groups in total. The summed E-state index contributed by atoms with van der Waals surface area (Å²) >= 11 is 0. The Balaban J connectivity index is 2.61. The molecule has 5 heteroatoms. The maximum Gasteiger partial charge on any atom is 0.309 e. The lowest BCUT2D eigenvalue weighted by Gasteiger charge is -2.23. The molecule has 88 valence electrons. The lowest BCUT2D eigenvalue weighted by atomic mass is 9.81. The summed E-state index contributed by atoms with van der Waals surface area (Å²) in [6, 6.07) is 0. The zero-order valence-corrected chi connectivity index (χ0v) is 8.76. The van der Waals surface area contributed by atoms with Crippen LogP contribution in [0, 0.1) is 5.41 Å². The minimum Gasteiger partial charge on any atom is -0.481 e. The first kappa shape index (κ1) is 12.4. The van der Waals surface area contributed by atoms with Gasteiger partial charge in [-0.3, -0.25) is 4.79 Å². The third-order valence-corrected chi connectivity index (χ3v) is 3.02. The van der Waals surface area contributed by atoms with Gasteiger partial charge in [0.15, 0.2) is 0 Å². The Labute approximate surface area is 87.4 Å². The first-order chi connectivity index (χ1) is 6.92. The van der Waals surface area contributed by atoms with E-state index in [0.29, 0.717) is 13.0 Å². The molecule has 0 amide bonds. The topological polar surface area (TPSA) is 46.5 Å². The molecule has 0 radical (unpaired) electrons. The van der Waals surface area contributed by atoms with E-state index in [1.165, 1.54) is 7.11 Å². The molecule has 1 aliphatic rings. The van der Waals surface area contributed by atoms with Gasteiger partial charge in [-0.05, 0) is 19.3 Å². The van der Waals surface area contributed by atoms with Crippen molar-refractivity contribution in [3.8, 4) is 0 Å². The Morgan fingerprint density at radius 3 is 2.53 bits per heavy atom. The number of hydrogen-bond acceptors (Lipinski definition) is 2. The summed E-state index contributed by atoms with van der Waals surface area (Å²) in [5.41, 5.74) is -1.23. The zero-order valence-electron chi connectivity index (χ0n) is 8.76. The Bertz CT molecular complexity index is 243. The molecule has 0 spiro atoms. The van der Waals surface area contributed by atoms with Crippen LogP contribution in [0.5, 0.6) is 0 Å². The van der Waals surface area contributed by atoms with Gasteiger partial charge in [-0.2, -0.15) is 0 Å². The highest BCUT2D eigenvalue weighted by Gasteiger charge is 2.53. The van der Waals surface area contributed by atoms with Crippen LogP contribution in [-0.2, 0) is 9.53 Å². The highest BCUT2D eigenvalue weighted by atomic mass is 19.3. The average Bonchev–Trinajstić information content (AvgIpc) is 2.44. The third kappa shape index (κ3) is 2.87. The van der Waals surface area contributed by atoms with Crippen molar-refractivity contribution in [2.45, 2.75) is 38.0 Å². The summed E-state index contributed by atoms with van der Waals surface area (Å²) < 4.78 is 30.8. The average molecular weight is 222 g/mol. The van der Waals surface area contributed by atoms with Gasteiger partial charge in [0.25, 0.3) is 0 Å². The highest BCUT2D eigenvalue weighted by molar-refractivity contribution is 5.75. The lowest BCUT2D eigenvalue weighted by molar-refractivity contribution is -0.151. The molecule has 1 fully saturated rings. The van der Waals surface area contributed by atoms with Crippen molar-refractivity contribution >= 4 is 5.97 Å². The van der Waals surface area contributed by atoms with E-state index in [2.05, 4.69) is 0 Å². The van der Waals surface area contributed by atoms with E-state index in [1.807, 2.05) is 0 Å². The fourth-order valence-electron chi connectivity index (χ4n) is 2.15. The van der Waals surface area contributed by atoms with Crippen LogP contribution in [0.2, 0.25) is 0 Å². The Kier molecular flexibility index (Phi) is 3.65. The third-order valence-electron chi connectivity index (χ3n) is 3.02. The molecular formula is C10H16F2O3. The molecule has 0 aromatic heterocycles. The predicted octanol–water partition coefficient (Wildman–Crippen LogP) is 2.30. The molecule has 0 saturated heterocycles. The van der Waals surface area contributed by atoms with Gasteiger partial charge in [0.05, 0.1) is 5.41 Å². The predicted molar refractivity (Wildman–Crippen MR) is 50.0 cm³/mol. The first-order valence-corrected chi connectivity index (χ1v) is 5.02. The summed E-state index contributed by atoms with van der Waals surface area (Å²) in [6.45, 7) is 0.417. The number of alkyl halides is 2. The minimum atomic E-state index is -2.81. The SMILES string of the molecule is COCCCC1(C(=O)O)CCC(F)(F)C1. The van der Waals surface area contributed by atoms with Crippen molar-refractivity contribution in [1.29, 1.82) is 0 Å². The Morgan fingerprint density at radius 2 is 2.13 bits per heavy atom. The number of carboxylic acid groups (broad SMARTS) is 1. The number of hydrogen-bond donors (Lipinski definition) is 1. The summed E-state index contributed by atoms with van der Waals surface area (Å²) in [7, 11) is 1.51. The molecule has 0 heterocycles. The smallest absolute Gasteiger partial charge is 0.309 e. The summed E-state index contributed by atoms with van der Waals surface area (Å²) in [5, 5.41) is 9.02. The number of ether oxygens (including phenoxy) is 1. The van der Waals surface area contributed by atoms with Crippen LogP contribution in [0.3, 0.4) is 0 Å². The van der Waals surface area contributed by atoms with Crippen molar-refractivity contribution in [3.05, 3.63) is 0 Å². The van der Waals surface area contributed by atoms with Crippen LogP contribution >= 0.6 is 0 Å². The number of aliphatic carboxylic acids is 1. The van der Waals surface area contributed by atoms with Crippen LogP contribution in [-0.4, -0.2) is 30.7 Å². The monoisotopic (exact) mass is 222 g/mol. The standard InChI is InChI=1S/C10H16F2O3/c1-15-6-2-3-9(8(13)14)4-5-10(11,12)7-9/h2-7H2,1H3,(H,13,14). The molecule has 0 bridgehead atoms. The zero-order chi connectivity index (χ0) is 11.5. The molecule has 0 aliphatic heterocycles. The van der Waals surface area contributed by atoms with Crippen LogP contribution in [0.15, 0.2) is 0 Å². The fourth-order valence-corrected chi connectivity index (χ4v) is 2.15. The van der Waals surface area contributed by atoms with E-state index >= 15 is 0 Å². The summed E-state index contributed by atoms with van der Waals surface area (Å²) in [5.74, 6) is -3.92. The molecule has 0 aromatic carbocycles. The van der Waals surface area contributed by atoms with E-state index in [-0.39, 0.29) is 19.3 Å². The quantitative estimate of drug-likeness (QED) is 0.726. The summed E-state index contributed by atoms with van der Waals surface area (Å²) in [4.78, 5) is 11.0. The second kappa shape index (κ2) is 4.43. The number of halogens is 2. The molecule has 1 aliphatic carbocycles. The molecule has 1 saturated carbocycles. The molecule has 15 heavy (non-hydrogen) atoms. The van der Waals surface area contributed by atoms with Crippen molar-refractivity contribution < 1.29 is 23.4 Å². The van der Waals surface area contributed by atoms with E-state index in [1.54, 1.807) is 0 Å². The number of methoxy groups -OCH3 is 1. The van der Waals surface area contributed by atoms with Crippen molar-refractivity contribution in [3.63, 3.8) is 0 Å². The van der Waals surface area contributed by atoms with Crippen LogP contribution in [0.4, 0.5) is 8.78 Å². The van der Waals surface area contributed by atoms with E-state index in [9.17, 15) is 13.6 Å². The van der Waals surface area contributed by atoms with E-state index in [4.69, 9.17) is 9.84 Å². The first-order valence-electron chi connectivity index (χ1n) is 5.02. The van der Waals surface area contributed by atoms with Gasteiger partial charge in [-0.15, -0.1) is 0 Å². The molecule has 1 rings (SSSR count). The van der Waals surface area contributed by atoms with Gasteiger partial charge in [0.2, 0.25) is 5.92 Å². The molecule has 1 unspecified atom stereocenters. The number of carbonyl (C=O) groups is 1. The van der Waals surface area contributed by atoms with Crippen LogP contribution in [0.1, 0.15) is 32.1 Å². The number of carboxylic acids is 1. The number of rotatable bonds is 5. The van der Waals surface area contributed by atoms with Gasteiger partial charge in [0, 0.05) is 26.6 Å².